The molecule has 1 heterocycles. The summed E-state index contributed by atoms with van der Waals surface area (Å²) in [7, 11) is -3.21. The summed E-state index contributed by atoms with van der Waals surface area (Å²) in [4.78, 5) is 11.2. The molecule has 6 heteroatoms. The van der Waals surface area contributed by atoms with Gasteiger partial charge in [0.1, 0.15) is 5.75 Å². The highest BCUT2D eigenvalue weighted by atomic mass is 32.2. The van der Waals surface area contributed by atoms with Gasteiger partial charge in [-0.15, -0.1) is 0 Å². The molecule has 0 aliphatic carbocycles. The summed E-state index contributed by atoms with van der Waals surface area (Å²) in [5.74, 6) is -0.815. The Morgan fingerprint density at radius 2 is 2.29 bits per heavy atom. The van der Waals surface area contributed by atoms with Crippen molar-refractivity contribution in [1.82, 2.24) is 10.6 Å². The van der Waals surface area contributed by atoms with Gasteiger partial charge in [0, 0.05) is 18.8 Å². The van der Waals surface area contributed by atoms with Gasteiger partial charge in [0.05, 0.1) is 0 Å². The van der Waals surface area contributed by atoms with E-state index in [4.69, 9.17) is 0 Å². The largest absolute Gasteiger partial charge is 0.351 e. The van der Waals surface area contributed by atoms with Crippen LogP contribution in [-0.2, 0) is 14.6 Å². The maximum Gasteiger partial charge on any atom is 0.235 e. The van der Waals surface area contributed by atoms with Gasteiger partial charge in [0.25, 0.3) is 0 Å². The first kappa shape index (κ1) is 11.5. The van der Waals surface area contributed by atoms with Crippen LogP contribution >= 0.6 is 0 Å². The Kier molecular flexibility index (Phi) is 3.88. The molecule has 14 heavy (non-hydrogen) atoms. The Labute approximate surface area is 84.2 Å². The third-order valence-corrected chi connectivity index (χ3v) is 2.84. The molecule has 1 rings (SSSR count). The minimum absolute atomic E-state index is 0.0815. The van der Waals surface area contributed by atoms with Crippen LogP contribution < -0.4 is 10.6 Å². The molecule has 0 spiro atoms. The van der Waals surface area contributed by atoms with E-state index >= 15 is 0 Å². The number of amides is 1. The minimum Gasteiger partial charge on any atom is -0.351 e. The summed E-state index contributed by atoms with van der Waals surface area (Å²) in [6.45, 7) is 1.70. The SMILES string of the molecule is CS(=O)(=O)CC(=O)N[C@@H]1CCCNC1. The van der Waals surface area contributed by atoms with E-state index in [0.717, 1.165) is 32.2 Å². The smallest absolute Gasteiger partial charge is 0.235 e. The van der Waals surface area contributed by atoms with Crippen LogP contribution in [0.2, 0.25) is 0 Å². The first-order valence-corrected chi connectivity index (χ1v) is 6.71. The molecular formula is C8H16N2O3S. The zero-order valence-corrected chi connectivity index (χ0v) is 9.06. The summed E-state index contributed by atoms with van der Waals surface area (Å²) in [5.41, 5.74) is 0. The molecule has 0 bridgehead atoms. The summed E-state index contributed by atoms with van der Waals surface area (Å²) in [5, 5.41) is 5.83. The van der Waals surface area contributed by atoms with Crippen molar-refractivity contribution in [3.05, 3.63) is 0 Å². The maximum absolute atomic E-state index is 11.2. The van der Waals surface area contributed by atoms with Crippen molar-refractivity contribution in [2.75, 3.05) is 25.1 Å². The van der Waals surface area contributed by atoms with Gasteiger partial charge in [0.15, 0.2) is 9.84 Å². The third kappa shape index (κ3) is 4.57. The first-order chi connectivity index (χ1) is 6.47. The molecule has 1 aliphatic rings. The molecule has 0 aromatic carbocycles. The van der Waals surface area contributed by atoms with Crippen molar-refractivity contribution in [1.29, 1.82) is 0 Å². The van der Waals surface area contributed by atoms with Gasteiger partial charge >= 0.3 is 0 Å². The van der Waals surface area contributed by atoms with Crippen LogP contribution in [-0.4, -0.2) is 45.5 Å². The van der Waals surface area contributed by atoms with E-state index < -0.39 is 21.5 Å². The number of carbonyl (C=O) groups is 1. The number of sulfone groups is 1. The lowest BCUT2D eigenvalue weighted by Gasteiger charge is -2.23. The van der Waals surface area contributed by atoms with Crippen LogP contribution in [0.15, 0.2) is 0 Å². The highest BCUT2D eigenvalue weighted by molar-refractivity contribution is 7.91. The Balaban J connectivity index is 2.32. The number of hydrogen-bond donors (Lipinski definition) is 2. The van der Waals surface area contributed by atoms with Crippen molar-refractivity contribution >= 4 is 15.7 Å². The Bertz CT molecular complexity index is 294. The van der Waals surface area contributed by atoms with Gasteiger partial charge in [-0.3, -0.25) is 4.79 Å². The second-order valence-corrected chi connectivity index (χ2v) is 5.82. The van der Waals surface area contributed by atoms with Crippen LogP contribution in [0, 0.1) is 0 Å². The molecule has 0 saturated carbocycles. The van der Waals surface area contributed by atoms with Gasteiger partial charge in [-0.1, -0.05) is 0 Å². The summed E-state index contributed by atoms with van der Waals surface area (Å²) >= 11 is 0. The van der Waals surface area contributed by atoms with Gasteiger partial charge in [-0.2, -0.15) is 0 Å². The molecular weight excluding hydrogens is 204 g/mol. The fourth-order valence-electron chi connectivity index (χ4n) is 1.48. The van der Waals surface area contributed by atoms with E-state index in [0.29, 0.717) is 0 Å². The first-order valence-electron chi connectivity index (χ1n) is 4.65. The average molecular weight is 220 g/mol. The van der Waals surface area contributed by atoms with E-state index in [1.807, 2.05) is 0 Å². The van der Waals surface area contributed by atoms with Crippen molar-refractivity contribution < 1.29 is 13.2 Å². The number of carbonyl (C=O) groups excluding carboxylic acids is 1. The molecule has 5 nitrogen and oxygen atoms in total. The number of hydrogen-bond acceptors (Lipinski definition) is 4. The van der Waals surface area contributed by atoms with Gasteiger partial charge < -0.3 is 10.6 Å². The summed E-state index contributed by atoms with van der Waals surface area (Å²) in [6.07, 6.45) is 3.00. The number of nitrogens with one attached hydrogen (secondary N) is 2. The lowest BCUT2D eigenvalue weighted by Crippen LogP contribution is -2.47. The van der Waals surface area contributed by atoms with Crippen molar-refractivity contribution in [3.8, 4) is 0 Å². The van der Waals surface area contributed by atoms with Crippen LogP contribution in [0.3, 0.4) is 0 Å². The monoisotopic (exact) mass is 220 g/mol. The van der Waals surface area contributed by atoms with Crippen LogP contribution in [0.4, 0.5) is 0 Å². The van der Waals surface area contributed by atoms with Crippen LogP contribution in [0.1, 0.15) is 12.8 Å². The lowest BCUT2D eigenvalue weighted by atomic mass is 10.1. The maximum atomic E-state index is 11.2. The highest BCUT2D eigenvalue weighted by Gasteiger charge is 2.17. The molecule has 2 N–H and O–H groups in total. The van der Waals surface area contributed by atoms with E-state index in [9.17, 15) is 13.2 Å². The topological polar surface area (TPSA) is 75.3 Å². The Morgan fingerprint density at radius 1 is 1.57 bits per heavy atom. The number of piperidine rings is 1. The molecule has 0 aromatic rings. The van der Waals surface area contributed by atoms with Crippen molar-refractivity contribution in [3.63, 3.8) is 0 Å². The molecule has 0 aromatic heterocycles. The fraction of sp³-hybridized carbons (Fsp3) is 0.875. The molecule has 0 radical (unpaired) electrons. The molecule has 1 atom stereocenters. The Morgan fingerprint density at radius 3 is 2.79 bits per heavy atom. The standard InChI is InChI=1S/C8H16N2O3S/c1-14(12,13)6-8(11)10-7-3-2-4-9-5-7/h7,9H,2-6H2,1H3,(H,10,11)/t7-/m1/s1. The highest BCUT2D eigenvalue weighted by Crippen LogP contribution is 2.00. The second-order valence-electron chi connectivity index (χ2n) is 3.68. The van der Waals surface area contributed by atoms with Crippen molar-refractivity contribution in [2.45, 2.75) is 18.9 Å². The molecule has 1 fully saturated rings. The molecule has 82 valence electrons. The zero-order chi connectivity index (χ0) is 10.6. The molecule has 1 saturated heterocycles. The zero-order valence-electron chi connectivity index (χ0n) is 8.25. The molecule has 1 aliphatic heterocycles. The quantitative estimate of drug-likeness (QED) is 0.633. The van der Waals surface area contributed by atoms with Gasteiger partial charge in [-0.25, -0.2) is 8.42 Å². The minimum atomic E-state index is -3.21. The lowest BCUT2D eigenvalue weighted by molar-refractivity contribution is -0.119. The van der Waals surface area contributed by atoms with Crippen LogP contribution in [0.5, 0.6) is 0 Å². The van der Waals surface area contributed by atoms with Crippen molar-refractivity contribution in [2.24, 2.45) is 0 Å². The van der Waals surface area contributed by atoms with Crippen LogP contribution in [0.25, 0.3) is 0 Å². The third-order valence-electron chi connectivity index (χ3n) is 2.06. The molecule has 0 unspecified atom stereocenters. The predicted molar refractivity (Wildman–Crippen MR) is 53.7 cm³/mol. The summed E-state index contributed by atoms with van der Waals surface area (Å²) < 4.78 is 21.6. The normalized spacial score (nSPS) is 23.1. The van der Waals surface area contributed by atoms with Gasteiger partial charge in [-0.05, 0) is 19.4 Å². The average Bonchev–Trinajstić information content (AvgIpc) is 2.02. The summed E-state index contributed by atoms with van der Waals surface area (Å²) in [6, 6.07) is 0.0815. The van der Waals surface area contributed by atoms with E-state index in [1.165, 1.54) is 0 Å². The number of rotatable bonds is 3. The molecule has 1 amide bonds. The Hall–Kier alpha value is -0.620. The second kappa shape index (κ2) is 4.75. The fourth-order valence-corrected chi connectivity index (χ4v) is 2.04. The van der Waals surface area contributed by atoms with E-state index in [2.05, 4.69) is 10.6 Å². The van der Waals surface area contributed by atoms with Gasteiger partial charge in [0.2, 0.25) is 5.91 Å². The van der Waals surface area contributed by atoms with E-state index in [-0.39, 0.29) is 6.04 Å². The predicted octanol–water partition coefficient (Wildman–Crippen LogP) is -1.10. The van der Waals surface area contributed by atoms with E-state index in [1.54, 1.807) is 0 Å².